The Kier molecular flexibility index (Phi) is 7.54. The van der Waals surface area contributed by atoms with E-state index < -0.39 is 12.3 Å². The van der Waals surface area contributed by atoms with E-state index in [-0.39, 0.29) is 16.2 Å². The Morgan fingerprint density at radius 1 is 0.419 bits per heavy atom. The second kappa shape index (κ2) is 13.3. The van der Waals surface area contributed by atoms with Crippen LogP contribution < -0.4 is 4.90 Å². The van der Waals surface area contributed by atoms with Crippen molar-refractivity contribution in [3.8, 4) is 44.5 Å². The van der Waals surface area contributed by atoms with Crippen LogP contribution in [0.5, 0.6) is 0 Å². The van der Waals surface area contributed by atoms with Gasteiger partial charge in [0, 0.05) is 26.3 Å². The zero-order chi connectivity index (χ0) is 45.4. The smallest absolute Gasteiger partial charge is 0.0726 e. The van der Waals surface area contributed by atoms with Gasteiger partial charge in [-0.05, 0) is 120 Å². The van der Waals surface area contributed by atoms with Gasteiger partial charge >= 0.3 is 0 Å². The summed E-state index contributed by atoms with van der Waals surface area (Å²) in [4.78, 5) is 2.48. The molecular formula is C61H55N. The summed E-state index contributed by atoms with van der Waals surface area (Å²) in [5, 5.41) is 0. The molecule has 11 rings (SSSR count). The van der Waals surface area contributed by atoms with Crippen molar-refractivity contribution in [3.63, 3.8) is 0 Å². The van der Waals surface area contributed by atoms with Gasteiger partial charge in [0.2, 0.25) is 0 Å². The van der Waals surface area contributed by atoms with Crippen molar-refractivity contribution in [2.75, 3.05) is 4.90 Å². The summed E-state index contributed by atoms with van der Waals surface area (Å²) in [5.74, 6) is 0. The zero-order valence-electron chi connectivity index (χ0n) is 40.1. The fourth-order valence-corrected chi connectivity index (χ4v) is 11.1. The lowest BCUT2D eigenvalue weighted by atomic mass is 9.69. The Bertz CT molecular complexity index is 3180. The number of benzene rings is 8. The van der Waals surface area contributed by atoms with E-state index >= 15 is 0 Å². The van der Waals surface area contributed by atoms with Gasteiger partial charge < -0.3 is 4.90 Å². The molecule has 3 aliphatic rings. The molecule has 0 aromatic heterocycles. The maximum atomic E-state index is 8.12. The van der Waals surface area contributed by atoms with E-state index in [4.69, 9.17) is 4.11 Å². The van der Waals surface area contributed by atoms with Crippen LogP contribution in [0.15, 0.2) is 170 Å². The van der Waals surface area contributed by atoms with Crippen LogP contribution >= 0.6 is 0 Å². The van der Waals surface area contributed by atoms with Crippen LogP contribution in [-0.4, -0.2) is 0 Å². The molecule has 1 spiro atoms. The van der Waals surface area contributed by atoms with E-state index in [0.717, 1.165) is 28.2 Å². The van der Waals surface area contributed by atoms with Crippen molar-refractivity contribution >= 4 is 17.1 Å². The standard InChI is InChI=1S/C61H55N/c1-38-25-27-39(28-26-38)43-17-12-15-23-55(43)62(42-31-34-45-44-18-10-13-20-49(44)60(8,9)52(45)37-42)56-24-16-22-51-57(56)48-19-11-14-21-50(48)61(51)53-35-40(58(2,3)4)29-32-46(53)47-33-30-41(36-54(47)61)59(5,6)7/h10-37H,1-9H3/i1D3. The predicted molar refractivity (Wildman–Crippen MR) is 263 cm³/mol. The van der Waals surface area contributed by atoms with E-state index in [2.05, 4.69) is 206 Å². The van der Waals surface area contributed by atoms with Gasteiger partial charge in [0.05, 0.1) is 16.8 Å². The maximum absolute atomic E-state index is 8.12. The van der Waals surface area contributed by atoms with Crippen LogP contribution in [0.25, 0.3) is 44.5 Å². The molecule has 62 heavy (non-hydrogen) atoms. The van der Waals surface area contributed by atoms with Gasteiger partial charge in [-0.2, -0.15) is 0 Å². The second-order valence-corrected chi connectivity index (χ2v) is 20.3. The molecule has 0 saturated carbocycles. The van der Waals surface area contributed by atoms with E-state index in [9.17, 15) is 0 Å². The first kappa shape index (κ1) is 35.2. The van der Waals surface area contributed by atoms with Crippen LogP contribution in [-0.2, 0) is 21.7 Å². The van der Waals surface area contributed by atoms with E-state index in [1.807, 2.05) is 12.1 Å². The number of aryl methyl sites for hydroxylation is 1. The van der Waals surface area contributed by atoms with Gasteiger partial charge in [-0.1, -0.05) is 207 Å². The van der Waals surface area contributed by atoms with Gasteiger partial charge in [0.25, 0.3) is 0 Å². The predicted octanol–water partition coefficient (Wildman–Crippen LogP) is 16.4. The molecule has 0 heterocycles. The third-order valence-electron chi connectivity index (χ3n) is 14.3. The maximum Gasteiger partial charge on any atom is 0.0726 e. The number of anilines is 3. The van der Waals surface area contributed by atoms with Gasteiger partial charge in [0.15, 0.2) is 0 Å². The lowest BCUT2D eigenvalue weighted by Crippen LogP contribution is -2.27. The fraction of sp³-hybridized carbons (Fsp3) is 0.213. The zero-order valence-corrected chi connectivity index (χ0v) is 37.1. The Balaban J connectivity index is 1.23. The molecule has 0 unspecified atom stereocenters. The van der Waals surface area contributed by atoms with E-state index in [0.29, 0.717) is 5.56 Å². The molecule has 8 aromatic carbocycles. The first-order valence-corrected chi connectivity index (χ1v) is 22.2. The SMILES string of the molecule is [2H]C([2H])([2H])c1ccc(-c2ccccc2N(c2ccc3c(c2)C(C)(C)c2ccccc2-3)c2cccc3c2-c2ccccc2C32c3cc(C(C)(C)C)ccc3-c3ccc(C(C)(C)C)cc32)cc1. The summed E-state index contributed by atoms with van der Waals surface area (Å²) in [6.45, 7) is 16.4. The molecule has 0 atom stereocenters. The van der Waals surface area contributed by atoms with Crippen LogP contribution in [0.4, 0.5) is 17.1 Å². The molecule has 0 fully saturated rings. The number of nitrogens with zero attached hydrogens (tertiary/aromatic N) is 1. The number of para-hydroxylation sites is 1. The molecule has 8 aromatic rings. The fourth-order valence-electron chi connectivity index (χ4n) is 11.1. The number of hydrogen-bond acceptors (Lipinski definition) is 1. The Hall–Kier alpha value is -6.44. The minimum Gasteiger partial charge on any atom is -0.309 e. The number of rotatable bonds is 4. The highest BCUT2D eigenvalue weighted by Crippen LogP contribution is 2.66. The van der Waals surface area contributed by atoms with Crippen LogP contribution in [0.3, 0.4) is 0 Å². The molecule has 0 N–H and O–H groups in total. The highest BCUT2D eigenvalue weighted by atomic mass is 15.1. The van der Waals surface area contributed by atoms with Crippen LogP contribution in [0.2, 0.25) is 0 Å². The van der Waals surface area contributed by atoms with Gasteiger partial charge in [-0.3, -0.25) is 0 Å². The van der Waals surface area contributed by atoms with E-state index in [1.54, 1.807) is 12.1 Å². The second-order valence-electron chi connectivity index (χ2n) is 20.3. The van der Waals surface area contributed by atoms with E-state index in [1.165, 1.54) is 77.9 Å². The van der Waals surface area contributed by atoms with Crippen LogP contribution in [0.1, 0.15) is 110 Å². The lowest BCUT2D eigenvalue weighted by Gasteiger charge is -2.34. The van der Waals surface area contributed by atoms with Crippen molar-refractivity contribution in [2.45, 2.75) is 83.9 Å². The normalized spacial score (nSPS) is 15.7. The summed E-state index contributed by atoms with van der Waals surface area (Å²) in [6.07, 6.45) is 0. The molecule has 1 nitrogen and oxygen atoms in total. The molecule has 0 amide bonds. The largest absolute Gasteiger partial charge is 0.309 e. The average molecular weight is 805 g/mol. The third-order valence-corrected chi connectivity index (χ3v) is 14.3. The molecule has 1 heteroatoms. The monoisotopic (exact) mass is 804 g/mol. The summed E-state index contributed by atoms with van der Waals surface area (Å²) in [6, 6.07) is 62.5. The molecule has 304 valence electrons. The number of hydrogen-bond donors (Lipinski definition) is 0. The van der Waals surface area contributed by atoms with Gasteiger partial charge in [0.1, 0.15) is 0 Å². The molecular weight excluding hydrogens is 747 g/mol. The lowest BCUT2D eigenvalue weighted by molar-refractivity contribution is 0.586. The van der Waals surface area contributed by atoms with Gasteiger partial charge in [-0.15, -0.1) is 0 Å². The van der Waals surface area contributed by atoms with Crippen molar-refractivity contribution in [2.24, 2.45) is 0 Å². The van der Waals surface area contributed by atoms with Crippen molar-refractivity contribution < 1.29 is 4.11 Å². The quantitative estimate of drug-likeness (QED) is 0.171. The highest BCUT2D eigenvalue weighted by Gasteiger charge is 2.53. The van der Waals surface area contributed by atoms with Crippen molar-refractivity contribution in [1.29, 1.82) is 0 Å². The van der Waals surface area contributed by atoms with Crippen molar-refractivity contribution in [3.05, 3.63) is 220 Å². The summed E-state index contributed by atoms with van der Waals surface area (Å²) in [7, 11) is 0. The number of fused-ring (bicyclic) bond motifs is 13. The Morgan fingerprint density at radius 3 is 1.58 bits per heavy atom. The van der Waals surface area contributed by atoms with Crippen molar-refractivity contribution in [1.82, 2.24) is 0 Å². The highest BCUT2D eigenvalue weighted by molar-refractivity contribution is 6.03. The summed E-state index contributed by atoms with van der Waals surface area (Å²) < 4.78 is 24.4. The third kappa shape index (κ3) is 5.40. The minimum absolute atomic E-state index is 0.0480. The Labute approximate surface area is 373 Å². The molecule has 0 saturated heterocycles. The van der Waals surface area contributed by atoms with Gasteiger partial charge in [-0.25, -0.2) is 0 Å². The van der Waals surface area contributed by atoms with Crippen LogP contribution in [0, 0.1) is 6.85 Å². The minimum atomic E-state index is -2.19. The first-order chi connectivity index (χ1) is 30.9. The topological polar surface area (TPSA) is 3.24 Å². The average Bonchev–Trinajstić information content (AvgIpc) is 3.84. The summed E-state index contributed by atoms with van der Waals surface area (Å²) >= 11 is 0. The molecule has 0 bridgehead atoms. The molecule has 0 radical (unpaired) electrons. The first-order valence-electron chi connectivity index (χ1n) is 23.7. The Morgan fingerprint density at radius 2 is 0.935 bits per heavy atom. The summed E-state index contributed by atoms with van der Waals surface area (Å²) in [5.41, 5.74) is 22.8. The molecule has 0 aliphatic heterocycles. The molecule has 3 aliphatic carbocycles.